The van der Waals surface area contributed by atoms with Crippen molar-refractivity contribution in [2.24, 2.45) is 5.92 Å². The molecule has 0 spiro atoms. The maximum Gasteiger partial charge on any atom is 0.393 e. The molecule has 5 rings (SSSR count). The molecule has 1 fully saturated rings. The molecule has 0 bridgehead atoms. The van der Waals surface area contributed by atoms with Crippen LogP contribution in [0.5, 0.6) is 0 Å². The molecule has 38 heavy (non-hydrogen) atoms. The topological polar surface area (TPSA) is 77.5 Å². The fourth-order valence-corrected chi connectivity index (χ4v) is 4.86. The van der Waals surface area contributed by atoms with Crippen molar-refractivity contribution in [3.05, 3.63) is 54.7 Å². The third-order valence-corrected chi connectivity index (χ3v) is 7.01. The van der Waals surface area contributed by atoms with Gasteiger partial charge in [0.05, 0.1) is 35.4 Å². The number of nitrogens with zero attached hydrogens (tertiary/aromatic N) is 6. The number of hydrogen-bond donors (Lipinski definition) is 1. The predicted octanol–water partition coefficient (Wildman–Crippen LogP) is 5.33. The van der Waals surface area contributed by atoms with Crippen molar-refractivity contribution in [2.45, 2.75) is 32.0 Å². The van der Waals surface area contributed by atoms with E-state index in [0.717, 1.165) is 11.9 Å². The van der Waals surface area contributed by atoms with Crippen LogP contribution in [0.4, 0.5) is 45.4 Å². The zero-order chi connectivity index (χ0) is 27.0. The molecule has 2 atom stereocenters. The van der Waals surface area contributed by atoms with E-state index in [1.54, 1.807) is 28.1 Å². The third-order valence-electron chi connectivity index (χ3n) is 7.01. The van der Waals surface area contributed by atoms with Crippen molar-refractivity contribution in [3.63, 3.8) is 0 Å². The van der Waals surface area contributed by atoms with Crippen LogP contribution in [0.25, 0.3) is 11.3 Å². The first-order valence-electron chi connectivity index (χ1n) is 12.3. The molecule has 0 radical (unpaired) electrons. The number of anilines is 4. The number of alkyl halides is 3. The largest absolute Gasteiger partial charge is 0.393 e. The van der Waals surface area contributed by atoms with Crippen LogP contribution in [0.3, 0.4) is 0 Å². The Kier molecular flexibility index (Phi) is 6.80. The van der Waals surface area contributed by atoms with E-state index in [1.165, 1.54) is 12.3 Å². The van der Waals surface area contributed by atoms with Gasteiger partial charge in [-0.1, -0.05) is 0 Å². The van der Waals surface area contributed by atoms with Crippen LogP contribution in [-0.4, -0.2) is 59.9 Å². The molecule has 5 heterocycles. The average molecular weight is 530 g/mol. The Morgan fingerprint density at radius 3 is 2.66 bits per heavy atom. The molecule has 2 aliphatic heterocycles. The highest BCUT2D eigenvalue weighted by Crippen LogP contribution is 2.37. The first-order chi connectivity index (χ1) is 18.1. The molecule has 200 valence electrons. The van der Waals surface area contributed by atoms with Gasteiger partial charge in [-0.25, -0.2) is 19.2 Å². The Morgan fingerprint density at radius 1 is 1.11 bits per heavy atom. The number of hydrogen-bond acceptors (Lipinski definition) is 6. The molecule has 0 saturated carbocycles. The van der Waals surface area contributed by atoms with Gasteiger partial charge in [-0.2, -0.15) is 13.2 Å². The van der Waals surface area contributed by atoms with E-state index in [0.29, 0.717) is 35.9 Å². The van der Waals surface area contributed by atoms with E-state index in [9.17, 15) is 22.4 Å². The van der Waals surface area contributed by atoms with E-state index < -0.39 is 23.9 Å². The number of amides is 2. The van der Waals surface area contributed by atoms with Crippen LogP contribution in [-0.2, 0) is 0 Å². The van der Waals surface area contributed by atoms with E-state index in [4.69, 9.17) is 4.98 Å². The second kappa shape index (κ2) is 10.1. The van der Waals surface area contributed by atoms with E-state index in [1.807, 2.05) is 31.0 Å². The summed E-state index contributed by atoms with van der Waals surface area (Å²) in [5.41, 5.74) is 2.18. The lowest BCUT2D eigenvalue weighted by Crippen LogP contribution is -2.42. The highest BCUT2D eigenvalue weighted by Gasteiger charge is 2.44. The molecular weight excluding hydrogens is 502 g/mol. The Bertz CT molecular complexity index is 1330. The van der Waals surface area contributed by atoms with Gasteiger partial charge in [0.15, 0.2) is 5.82 Å². The number of carbonyl (C=O) groups excluding carboxylic acids is 1. The van der Waals surface area contributed by atoms with Gasteiger partial charge in [-0.15, -0.1) is 0 Å². The van der Waals surface area contributed by atoms with Crippen LogP contribution in [0, 0.1) is 11.7 Å². The molecule has 3 aromatic rings. The number of pyridine rings is 3. The van der Waals surface area contributed by atoms with Crippen molar-refractivity contribution in [3.8, 4) is 11.3 Å². The van der Waals surface area contributed by atoms with Gasteiger partial charge in [-0.05, 0) is 44.0 Å². The SMILES string of the molecule is C[C@@H]1CCN(C)c2ccc(-c3ccnc(N4CCC(C(F)(F)F)C4)c3)nc2N1C(=O)Nc1cncc(F)c1. The molecule has 0 aliphatic carbocycles. The van der Waals surface area contributed by atoms with Crippen LogP contribution in [0.15, 0.2) is 48.9 Å². The summed E-state index contributed by atoms with van der Waals surface area (Å²) in [6, 6.07) is 7.64. The number of nitrogens with one attached hydrogen (secondary N) is 1. The number of halogens is 4. The summed E-state index contributed by atoms with van der Waals surface area (Å²) in [7, 11) is 1.92. The van der Waals surface area contributed by atoms with Gasteiger partial charge < -0.3 is 15.1 Å². The lowest BCUT2D eigenvalue weighted by Gasteiger charge is -2.28. The fourth-order valence-electron chi connectivity index (χ4n) is 4.86. The molecule has 0 aromatic carbocycles. The summed E-state index contributed by atoms with van der Waals surface area (Å²) < 4.78 is 53.2. The summed E-state index contributed by atoms with van der Waals surface area (Å²) in [6.45, 7) is 2.73. The quantitative estimate of drug-likeness (QED) is 0.462. The number of fused-ring (bicyclic) bond motifs is 1. The van der Waals surface area contributed by atoms with Crippen molar-refractivity contribution >= 4 is 29.0 Å². The first-order valence-corrected chi connectivity index (χ1v) is 12.3. The molecule has 8 nitrogen and oxygen atoms in total. The van der Waals surface area contributed by atoms with Crippen molar-refractivity contribution in [1.29, 1.82) is 0 Å². The standard InChI is InChI=1S/C26H27F4N7O/c1-16-6-9-35(2)22-4-3-21(34-24(22)37(16)25(38)33-20-12-19(27)13-31-14-20)17-5-8-32-23(11-17)36-10-7-18(15-36)26(28,29)30/h3-5,8,11-14,16,18H,6-7,9-10,15H2,1-2H3,(H,33,38)/t16-,18?/m1/s1. The number of urea groups is 1. The lowest BCUT2D eigenvalue weighted by atomic mass is 10.1. The number of carbonyl (C=O) groups is 1. The Morgan fingerprint density at radius 2 is 1.92 bits per heavy atom. The fraction of sp³-hybridized carbons (Fsp3) is 0.385. The normalized spacial score (nSPS) is 19.8. The van der Waals surface area contributed by atoms with Gasteiger partial charge in [0.1, 0.15) is 11.6 Å². The summed E-state index contributed by atoms with van der Waals surface area (Å²) >= 11 is 0. The van der Waals surface area contributed by atoms with Gasteiger partial charge in [0.25, 0.3) is 0 Å². The molecular formula is C26H27F4N7O. The summed E-state index contributed by atoms with van der Waals surface area (Å²) in [6.07, 6.45) is 0.430. The third kappa shape index (κ3) is 5.20. The van der Waals surface area contributed by atoms with Crippen LogP contribution >= 0.6 is 0 Å². The molecule has 3 aromatic heterocycles. The Balaban J connectivity index is 1.47. The van der Waals surface area contributed by atoms with Crippen LogP contribution in [0.2, 0.25) is 0 Å². The number of aromatic nitrogens is 3. The predicted molar refractivity (Wildman–Crippen MR) is 137 cm³/mol. The van der Waals surface area contributed by atoms with Crippen LogP contribution < -0.4 is 20.0 Å². The van der Waals surface area contributed by atoms with Gasteiger partial charge in [0.2, 0.25) is 0 Å². The zero-order valence-corrected chi connectivity index (χ0v) is 20.9. The average Bonchev–Trinajstić information content (AvgIpc) is 3.35. The minimum atomic E-state index is -4.24. The van der Waals surface area contributed by atoms with Gasteiger partial charge in [0, 0.05) is 50.6 Å². The Labute approximate surface area is 217 Å². The first kappa shape index (κ1) is 25.7. The maximum atomic E-state index is 13.6. The molecule has 1 unspecified atom stereocenters. The summed E-state index contributed by atoms with van der Waals surface area (Å²) in [5.74, 6) is -1.07. The second-order valence-corrected chi connectivity index (χ2v) is 9.67. The van der Waals surface area contributed by atoms with Crippen molar-refractivity contribution < 1.29 is 22.4 Å². The molecule has 1 saturated heterocycles. The smallest absolute Gasteiger partial charge is 0.372 e. The van der Waals surface area contributed by atoms with Crippen molar-refractivity contribution in [2.75, 3.05) is 46.7 Å². The second-order valence-electron chi connectivity index (χ2n) is 9.67. The minimum Gasteiger partial charge on any atom is -0.372 e. The van der Waals surface area contributed by atoms with Crippen LogP contribution in [0.1, 0.15) is 19.8 Å². The number of rotatable bonds is 3. The summed E-state index contributed by atoms with van der Waals surface area (Å²) in [4.78, 5) is 31.5. The lowest BCUT2D eigenvalue weighted by molar-refractivity contribution is -0.168. The molecule has 2 amide bonds. The highest BCUT2D eigenvalue weighted by atomic mass is 19.4. The zero-order valence-electron chi connectivity index (χ0n) is 20.9. The molecule has 12 heteroatoms. The molecule has 1 N–H and O–H groups in total. The van der Waals surface area contributed by atoms with E-state index in [-0.39, 0.29) is 31.2 Å². The maximum absolute atomic E-state index is 13.6. The highest BCUT2D eigenvalue weighted by molar-refractivity contribution is 6.03. The summed E-state index contributed by atoms with van der Waals surface area (Å²) in [5, 5.41) is 2.71. The van der Waals surface area contributed by atoms with E-state index in [2.05, 4.69) is 15.3 Å². The van der Waals surface area contributed by atoms with Crippen molar-refractivity contribution in [1.82, 2.24) is 15.0 Å². The minimum absolute atomic E-state index is 0.0294. The van der Waals surface area contributed by atoms with Gasteiger partial charge in [-0.3, -0.25) is 9.88 Å². The van der Waals surface area contributed by atoms with E-state index >= 15 is 0 Å². The monoisotopic (exact) mass is 529 g/mol. The molecule has 2 aliphatic rings. The Hall–Kier alpha value is -3.96. The van der Waals surface area contributed by atoms with Gasteiger partial charge >= 0.3 is 12.2 Å².